The zero-order chi connectivity index (χ0) is 10.8. The molecule has 0 atom stereocenters. The number of hydrogen-bond donors (Lipinski definition) is 2. The van der Waals surface area contributed by atoms with E-state index in [-0.39, 0.29) is 5.69 Å². The lowest BCUT2D eigenvalue weighted by molar-refractivity contribution is 0.264. The number of nitrogens with zero attached hydrogens (tertiary/aromatic N) is 2. The Morgan fingerprint density at radius 2 is 2.27 bits per heavy atom. The molecule has 1 fully saturated rings. The Morgan fingerprint density at radius 3 is 2.73 bits per heavy atom. The number of nitrogens with one attached hydrogen (secondary N) is 2. The minimum Gasteiger partial charge on any atom is -0.299 e. The van der Waals surface area contributed by atoms with E-state index in [0.29, 0.717) is 11.3 Å². The van der Waals surface area contributed by atoms with Gasteiger partial charge in [-0.1, -0.05) is 6.92 Å². The first kappa shape index (κ1) is 10.6. The maximum atomic E-state index is 11.3. The van der Waals surface area contributed by atoms with Gasteiger partial charge in [0.05, 0.1) is 0 Å². The van der Waals surface area contributed by atoms with E-state index < -0.39 is 0 Å². The third kappa shape index (κ3) is 2.38. The molecular formula is C9H16N4OS. The molecule has 1 aliphatic rings. The predicted octanol–water partition coefficient (Wildman–Crippen LogP) is 0.718. The molecule has 0 spiro atoms. The lowest BCUT2D eigenvalue weighted by atomic mass is 10.4. The maximum Gasteiger partial charge on any atom is 0.342 e. The summed E-state index contributed by atoms with van der Waals surface area (Å²) < 4.78 is 2.05. The van der Waals surface area contributed by atoms with Gasteiger partial charge in [-0.3, -0.25) is 14.6 Å². The highest BCUT2D eigenvalue weighted by Gasteiger charge is 2.27. The molecular weight excluding hydrogens is 212 g/mol. The normalized spacial score (nSPS) is 16.1. The molecule has 0 aromatic carbocycles. The van der Waals surface area contributed by atoms with Gasteiger partial charge < -0.3 is 0 Å². The summed E-state index contributed by atoms with van der Waals surface area (Å²) in [5.74, 6) is 0. The zero-order valence-electron chi connectivity index (χ0n) is 8.82. The summed E-state index contributed by atoms with van der Waals surface area (Å²) in [6, 6.07) is 0.738. The Bertz CT molecular complexity index is 400. The van der Waals surface area contributed by atoms with E-state index in [2.05, 4.69) is 22.0 Å². The van der Waals surface area contributed by atoms with Gasteiger partial charge in [0, 0.05) is 19.1 Å². The largest absolute Gasteiger partial charge is 0.342 e. The van der Waals surface area contributed by atoms with Crippen molar-refractivity contribution >= 4 is 12.2 Å². The van der Waals surface area contributed by atoms with Crippen molar-refractivity contribution in [3.8, 4) is 0 Å². The summed E-state index contributed by atoms with van der Waals surface area (Å²) in [7, 11) is 0. The topological polar surface area (TPSA) is 56.8 Å². The van der Waals surface area contributed by atoms with Crippen LogP contribution < -0.4 is 5.69 Å². The molecule has 1 saturated carbocycles. The predicted molar refractivity (Wildman–Crippen MR) is 60.5 cm³/mol. The summed E-state index contributed by atoms with van der Waals surface area (Å²) in [6.45, 7) is 4.76. The average molecular weight is 228 g/mol. The quantitative estimate of drug-likeness (QED) is 0.730. The number of aromatic nitrogens is 3. The molecule has 2 rings (SSSR count). The van der Waals surface area contributed by atoms with Crippen LogP contribution in [0.1, 0.15) is 19.8 Å². The monoisotopic (exact) mass is 228 g/mol. The number of hydrogen-bond acceptors (Lipinski definition) is 3. The Hall–Kier alpha value is -0.880. The fraction of sp³-hybridized carbons (Fsp3) is 0.778. The zero-order valence-corrected chi connectivity index (χ0v) is 9.64. The first-order valence-corrected chi connectivity index (χ1v) is 5.74. The van der Waals surface area contributed by atoms with Gasteiger partial charge in [0.25, 0.3) is 0 Å². The van der Waals surface area contributed by atoms with Crippen LogP contribution in [-0.4, -0.2) is 38.8 Å². The third-order valence-electron chi connectivity index (χ3n) is 2.85. The lowest BCUT2D eigenvalue weighted by Crippen LogP contribution is -2.31. The van der Waals surface area contributed by atoms with Crippen LogP contribution in [0.3, 0.4) is 0 Å². The Morgan fingerprint density at radius 1 is 1.53 bits per heavy atom. The van der Waals surface area contributed by atoms with Crippen LogP contribution in [0.15, 0.2) is 4.79 Å². The first-order valence-electron chi connectivity index (χ1n) is 5.34. The van der Waals surface area contributed by atoms with E-state index in [1.165, 1.54) is 12.8 Å². The van der Waals surface area contributed by atoms with Crippen LogP contribution in [0.5, 0.6) is 0 Å². The maximum absolute atomic E-state index is 11.3. The summed E-state index contributed by atoms with van der Waals surface area (Å²) >= 11 is 5.00. The molecule has 84 valence electrons. The Kier molecular flexibility index (Phi) is 3.06. The molecule has 6 heteroatoms. The van der Waals surface area contributed by atoms with Gasteiger partial charge in [0.1, 0.15) is 0 Å². The number of aromatic amines is 2. The molecule has 1 aromatic heterocycles. The second-order valence-electron chi connectivity index (χ2n) is 3.87. The second kappa shape index (κ2) is 4.32. The first-order chi connectivity index (χ1) is 7.22. The van der Waals surface area contributed by atoms with Crippen molar-refractivity contribution in [1.29, 1.82) is 0 Å². The van der Waals surface area contributed by atoms with E-state index in [1.54, 1.807) is 4.57 Å². The van der Waals surface area contributed by atoms with Crippen molar-refractivity contribution in [3.63, 3.8) is 0 Å². The van der Waals surface area contributed by atoms with Crippen molar-refractivity contribution in [2.75, 3.05) is 13.1 Å². The summed E-state index contributed by atoms with van der Waals surface area (Å²) in [5.41, 5.74) is -0.146. The minimum atomic E-state index is -0.146. The average Bonchev–Trinajstić information content (AvgIpc) is 3.00. The summed E-state index contributed by atoms with van der Waals surface area (Å²) in [5, 5.41) is 5.13. The van der Waals surface area contributed by atoms with Crippen molar-refractivity contribution < 1.29 is 0 Å². The van der Waals surface area contributed by atoms with Crippen LogP contribution in [0.25, 0.3) is 0 Å². The van der Waals surface area contributed by atoms with Gasteiger partial charge in [-0.2, -0.15) is 0 Å². The fourth-order valence-electron chi connectivity index (χ4n) is 1.80. The smallest absolute Gasteiger partial charge is 0.299 e. The van der Waals surface area contributed by atoms with Crippen LogP contribution in [0, 0.1) is 4.77 Å². The lowest BCUT2D eigenvalue weighted by Gasteiger charge is -2.19. The fourth-order valence-corrected chi connectivity index (χ4v) is 2.03. The SMILES string of the molecule is CCN(CCn1c(=O)[nH][nH]c1=S)C1CC1. The van der Waals surface area contributed by atoms with Gasteiger partial charge in [-0.25, -0.2) is 9.89 Å². The van der Waals surface area contributed by atoms with Crippen molar-refractivity contribution in [2.45, 2.75) is 32.4 Å². The molecule has 0 unspecified atom stereocenters. The standard InChI is InChI=1S/C9H16N4OS/c1-2-12(7-3-4-7)5-6-13-8(14)10-11-9(13)15/h7H,2-6H2,1H3,(H,10,14)(H,11,15). The Balaban J connectivity index is 1.97. The molecule has 0 aliphatic heterocycles. The molecule has 0 radical (unpaired) electrons. The van der Waals surface area contributed by atoms with E-state index >= 15 is 0 Å². The minimum absolute atomic E-state index is 0.146. The van der Waals surface area contributed by atoms with E-state index in [1.807, 2.05) is 0 Å². The molecule has 1 aromatic rings. The van der Waals surface area contributed by atoms with E-state index in [0.717, 1.165) is 19.1 Å². The summed E-state index contributed by atoms with van der Waals surface area (Å²) in [4.78, 5) is 13.7. The van der Waals surface area contributed by atoms with Crippen molar-refractivity contribution in [2.24, 2.45) is 0 Å². The van der Waals surface area contributed by atoms with Crippen LogP contribution >= 0.6 is 12.2 Å². The molecule has 0 amide bonds. The number of rotatable bonds is 5. The van der Waals surface area contributed by atoms with Gasteiger partial charge in [-0.15, -0.1) is 0 Å². The van der Waals surface area contributed by atoms with Crippen molar-refractivity contribution in [3.05, 3.63) is 15.3 Å². The van der Waals surface area contributed by atoms with Gasteiger partial charge in [-0.05, 0) is 31.6 Å². The van der Waals surface area contributed by atoms with Crippen LogP contribution in [0.2, 0.25) is 0 Å². The third-order valence-corrected chi connectivity index (χ3v) is 3.17. The van der Waals surface area contributed by atoms with Crippen LogP contribution in [0.4, 0.5) is 0 Å². The highest BCUT2D eigenvalue weighted by Crippen LogP contribution is 2.26. The van der Waals surface area contributed by atoms with Crippen molar-refractivity contribution in [1.82, 2.24) is 19.7 Å². The molecule has 1 aliphatic carbocycles. The molecule has 5 nitrogen and oxygen atoms in total. The summed E-state index contributed by atoms with van der Waals surface area (Å²) in [6.07, 6.45) is 2.59. The Labute approximate surface area is 93.1 Å². The van der Waals surface area contributed by atoms with E-state index in [4.69, 9.17) is 12.2 Å². The van der Waals surface area contributed by atoms with Gasteiger partial charge in [0.15, 0.2) is 4.77 Å². The molecule has 0 bridgehead atoms. The van der Waals surface area contributed by atoms with Crippen LogP contribution in [-0.2, 0) is 6.54 Å². The number of H-pyrrole nitrogens is 2. The van der Waals surface area contributed by atoms with Gasteiger partial charge in [0.2, 0.25) is 0 Å². The molecule has 1 heterocycles. The second-order valence-corrected chi connectivity index (χ2v) is 4.26. The number of likely N-dealkylation sites (N-methyl/N-ethyl adjacent to an activating group) is 1. The highest BCUT2D eigenvalue weighted by atomic mass is 32.1. The molecule has 15 heavy (non-hydrogen) atoms. The highest BCUT2D eigenvalue weighted by molar-refractivity contribution is 7.71. The molecule has 2 N–H and O–H groups in total. The molecule has 0 saturated heterocycles. The van der Waals surface area contributed by atoms with Gasteiger partial charge >= 0.3 is 5.69 Å². The van der Waals surface area contributed by atoms with E-state index in [9.17, 15) is 4.79 Å².